The van der Waals surface area contributed by atoms with Gasteiger partial charge in [0.2, 0.25) is 0 Å². The highest BCUT2D eigenvalue weighted by Crippen LogP contribution is 2.41. The highest BCUT2D eigenvalue weighted by molar-refractivity contribution is 9.11. The number of nitrogen functional groups attached to an aromatic ring is 1. The molecule has 0 bridgehead atoms. The van der Waals surface area contributed by atoms with Crippen LogP contribution in [0.2, 0.25) is 0 Å². The molecular formula is C112H123Br2N23. The molecule has 1 aliphatic carbocycles. The molecule has 23 nitrogen and oxygen atoms in total. The average molecular weight is 1950 g/mol. The summed E-state index contributed by atoms with van der Waals surface area (Å²) in [5.41, 5.74) is 25.9. The standard InChI is InChI=1S/C28H30N6.C28H30N4.C20H20BrN3.C12H14N4.C8H5BrN2.C8H6N2.C5H6N2.3CH4/c1-29-22-7-10-26-24(16-22)25(19-32(26)2)20-5-8-23(9-6-20)33-12-14-34(15-13-33)27-18-30-17-21-4-3-11-31-28(21)27;1-30(21-23-9-4-2-5-10-23)26-19-25-13-8-14-29-28(25)27(20-26)32-17-15-31(16-18-32)22-24-11-6-3-7-12-24;21-18-13-17-7-4-8-22-20(17)19(14-18)24-11-9-23(10-12-24)15-16-5-2-1-3-6-16;1-2-10-8-14-9-11(12(10)15-3-1)16-6-4-13-5-7-16;9-7-5-10-4-6-2-1-3-11-8(6)7;1-2-7-6-9-5-3-8(7)10-4-1;6-5-1-3-7-4-2-5;;;/h3-4,7,10-11,16-20,23H,5-6,8-9,12-15H2,2H3;2-14,19-20H,15-18,21-22H2,1H3;1-8,13-14H,9-12,15H2;1-3,8-9,13H,4-7H2;1-5H;1-6H;1-4H,(H2,6,7);3*1H4. The van der Waals surface area contributed by atoms with E-state index in [0.29, 0.717) is 12.0 Å². The SMILES string of the molecule is Brc1cc(N2CCN(Cc3ccccc3)CC2)c2ncccc2c1.Brc1cncc2cccnc12.C.C.C.CN(Cc1ccccc1)c1cc(N2CCN(Cc3ccccc3)CC2)c2ncccc2c1.Nc1ccncc1.[C-]#[N+]c1ccc2c(c1)c(C1CCC(N3CCN(c4cncc5cccnc45)CC3)CC1)cn2C.c1cnc2c(N3CCNCC3)cncc2c1.c1cnc2ccncc2c1. The van der Waals surface area contributed by atoms with Gasteiger partial charge in [-0.05, 0) is 190 Å². The zero-order chi connectivity index (χ0) is 91.6. The molecule has 25 heteroatoms. The molecule has 3 N–H and O–H groups in total. The van der Waals surface area contributed by atoms with Crippen LogP contribution in [0.25, 0.3) is 81.2 Å². The lowest BCUT2D eigenvalue weighted by Gasteiger charge is -2.42. The Morgan fingerprint density at radius 2 is 0.847 bits per heavy atom. The van der Waals surface area contributed by atoms with E-state index in [1.807, 2.05) is 116 Å². The number of aromatic nitrogens is 12. The number of hydrogen-bond acceptors (Lipinski definition) is 21. The molecule has 0 atom stereocenters. The van der Waals surface area contributed by atoms with Gasteiger partial charge in [-0.3, -0.25) is 69.5 Å². The molecule has 12 aromatic heterocycles. The topological polar surface area (TPSA) is 215 Å². The van der Waals surface area contributed by atoms with Gasteiger partial charge in [-0.2, -0.15) is 0 Å². The van der Waals surface area contributed by atoms with E-state index in [1.54, 1.807) is 55.5 Å². The quantitative estimate of drug-likeness (QED) is 0.103. The molecule has 700 valence electrons. The van der Waals surface area contributed by atoms with Gasteiger partial charge in [0, 0.05) is 291 Å². The van der Waals surface area contributed by atoms with Crippen molar-refractivity contribution in [1.29, 1.82) is 0 Å². The van der Waals surface area contributed by atoms with Crippen LogP contribution in [0.3, 0.4) is 0 Å². The van der Waals surface area contributed by atoms with Gasteiger partial charge in [0.15, 0.2) is 5.69 Å². The molecule has 6 aromatic carbocycles. The Morgan fingerprint density at radius 1 is 0.401 bits per heavy atom. The summed E-state index contributed by atoms with van der Waals surface area (Å²) in [4.78, 5) is 70.8. The minimum atomic E-state index is 0. The van der Waals surface area contributed by atoms with E-state index in [-0.39, 0.29) is 22.3 Å². The number of aryl methyl sites for hydroxylation is 1. The van der Waals surface area contributed by atoms with Crippen LogP contribution >= 0.6 is 31.9 Å². The minimum absolute atomic E-state index is 0. The van der Waals surface area contributed by atoms with Gasteiger partial charge in [0.1, 0.15) is 0 Å². The van der Waals surface area contributed by atoms with Crippen LogP contribution in [0.4, 0.5) is 39.8 Å². The van der Waals surface area contributed by atoms with Crippen LogP contribution in [0.15, 0.2) is 339 Å². The Labute approximate surface area is 822 Å². The number of halogens is 2. The fraction of sp³-hybridized carbons (Fsp3) is 0.268. The molecule has 23 rings (SSSR count). The largest absolute Gasteiger partial charge is 0.399 e. The van der Waals surface area contributed by atoms with E-state index in [2.05, 4.69) is 308 Å². The number of pyridine rings is 11. The predicted octanol–water partition coefficient (Wildman–Crippen LogP) is 22.7. The fourth-order valence-electron chi connectivity index (χ4n) is 18.4. The van der Waals surface area contributed by atoms with Crippen molar-refractivity contribution < 1.29 is 0 Å². The van der Waals surface area contributed by atoms with Crippen LogP contribution in [-0.2, 0) is 26.7 Å². The molecule has 0 unspecified atom stereocenters. The van der Waals surface area contributed by atoms with Crippen molar-refractivity contribution in [1.82, 2.24) is 79.4 Å². The van der Waals surface area contributed by atoms with Crippen molar-refractivity contribution in [2.45, 2.75) is 79.6 Å². The highest BCUT2D eigenvalue weighted by Gasteiger charge is 2.32. The molecule has 137 heavy (non-hydrogen) atoms. The fourth-order valence-corrected chi connectivity index (χ4v) is 19.3. The Balaban J connectivity index is 0.000000134. The van der Waals surface area contributed by atoms with Gasteiger partial charge in [-0.1, -0.05) is 147 Å². The maximum Gasteiger partial charge on any atom is 0.187 e. The zero-order valence-corrected chi connectivity index (χ0v) is 79.0. The molecule has 4 saturated heterocycles. The summed E-state index contributed by atoms with van der Waals surface area (Å²) < 4.78 is 4.28. The monoisotopic (exact) mass is 1950 g/mol. The summed E-state index contributed by atoms with van der Waals surface area (Å²) in [7, 11) is 4.29. The first-order chi connectivity index (χ1) is 65.9. The molecule has 5 aliphatic rings. The second-order valence-electron chi connectivity index (χ2n) is 34.2. The van der Waals surface area contributed by atoms with Gasteiger partial charge >= 0.3 is 0 Å². The first kappa shape index (κ1) is 99.1. The summed E-state index contributed by atoms with van der Waals surface area (Å²) in [5, 5.41) is 11.4. The van der Waals surface area contributed by atoms with Gasteiger partial charge in [0.05, 0.1) is 79.3 Å². The van der Waals surface area contributed by atoms with Crippen LogP contribution in [-0.4, -0.2) is 192 Å². The van der Waals surface area contributed by atoms with E-state index in [4.69, 9.17) is 17.3 Å². The van der Waals surface area contributed by atoms with Crippen LogP contribution in [0, 0.1) is 6.57 Å². The Kier molecular flexibility index (Phi) is 35.9. The normalized spacial score (nSPS) is 15.5. The number of nitrogens with one attached hydrogen (secondary N) is 1. The summed E-state index contributed by atoms with van der Waals surface area (Å²) in [6.07, 6.45) is 36.4. The number of piperazine rings is 4. The van der Waals surface area contributed by atoms with Crippen molar-refractivity contribution in [3.8, 4) is 0 Å². The highest BCUT2D eigenvalue weighted by atomic mass is 79.9. The van der Waals surface area contributed by atoms with E-state index in [9.17, 15) is 0 Å². The summed E-state index contributed by atoms with van der Waals surface area (Å²) >= 11 is 7.01. The number of rotatable bonds is 13. The number of anilines is 6. The van der Waals surface area contributed by atoms with E-state index in [1.165, 1.54) is 86.7 Å². The second-order valence-corrected chi connectivity index (χ2v) is 35.9. The number of nitrogens with two attached hydrogens (primary N) is 1. The Morgan fingerprint density at radius 3 is 1.36 bits per heavy atom. The maximum absolute atomic E-state index is 7.39. The predicted molar refractivity (Wildman–Crippen MR) is 575 cm³/mol. The average Bonchev–Trinajstić information content (AvgIpc) is 0.922. The third-order valence-electron chi connectivity index (χ3n) is 25.4. The lowest BCUT2D eigenvalue weighted by atomic mass is 9.81. The van der Waals surface area contributed by atoms with Gasteiger partial charge in [-0.15, -0.1) is 0 Å². The van der Waals surface area contributed by atoms with E-state index >= 15 is 0 Å². The number of benzene rings is 6. The molecule has 0 radical (unpaired) electrons. The van der Waals surface area contributed by atoms with Gasteiger partial charge in [0.25, 0.3) is 0 Å². The lowest BCUT2D eigenvalue weighted by Crippen LogP contribution is -2.51. The van der Waals surface area contributed by atoms with Crippen molar-refractivity contribution in [2.75, 3.05) is 142 Å². The summed E-state index contributed by atoms with van der Waals surface area (Å²) in [6, 6.07) is 77.4. The minimum Gasteiger partial charge on any atom is -0.399 e. The molecule has 4 aliphatic heterocycles. The molecule has 0 amide bonds. The number of nitrogens with zero attached hydrogens (tertiary/aromatic N) is 21. The maximum atomic E-state index is 7.39. The first-order valence-electron chi connectivity index (χ1n) is 46.1. The van der Waals surface area contributed by atoms with Gasteiger partial charge in [-0.25, -0.2) is 4.85 Å². The number of hydrogen-bond donors (Lipinski definition) is 2. The van der Waals surface area contributed by atoms with Crippen molar-refractivity contribution in [3.05, 3.63) is 372 Å². The van der Waals surface area contributed by atoms with Crippen molar-refractivity contribution in [2.24, 2.45) is 7.05 Å². The third kappa shape index (κ3) is 26.1. The molecule has 0 spiro atoms. The Hall–Kier alpha value is -13.8. The van der Waals surface area contributed by atoms with Crippen molar-refractivity contribution in [3.63, 3.8) is 0 Å². The molecular weight excluding hydrogens is 1830 g/mol. The molecule has 1 saturated carbocycles. The van der Waals surface area contributed by atoms with Gasteiger partial charge < -0.3 is 40.1 Å². The Bertz CT molecular complexity index is 6780. The smallest absolute Gasteiger partial charge is 0.187 e. The van der Waals surface area contributed by atoms with Crippen LogP contribution in [0.1, 0.15) is 76.1 Å². The van der Waals surface area contributed by atoms with E-state index in [0.717, 1.165) is 211 Å². The number of fused-ring (bicyclic) bond motifs is 7. The van der Waals surface area contributed by atoms with Crippen LogP contribution in [0.5, 0.6) is 0 Å². The molecule has 5 fully saturated rings. The molecule has 16 heterocycles. The molecule has 18 aromatic rings. The van der Waals surface area contributed by atoms with E-state index < -0.39 is 0 Å². The second kappa shape index (κ2) is 49.6. The summed E-state index contributed by atoms with van der Waals surface area (Å²) in [6.45, 7) is 27.1. The van der Waals surface area contributed by atoms with Crippen LogP contribution < -0.4 is 35.6 Å². The van der Waals surface area contributed by atoms with Crippen molar-refractivity contribution >= 4 is 148 Å². The third-order valence-corrected chi connectivity index (χ3v) is 26.4. The summed E-state index contributed by atoms with van der Waals surface area (Å²) in [5.74, 6) is 0.593. The first-order valence-corrected chi connectivity index (χ1v) is 47.7. The lowest BCUT2D eigenvalue weighted by molar-refractivity contribution is 0.141. The zero-order valence-electron chi connectivity index (χ0n) is 75.8.